The fraction of sp³-hybridized carbons (Fsp3) is 0.500. The van der Waals surface area contributed by atoms with E-state index in [0.29, 0.717) is 18.2 Å². The summed E-state index contributed by atoms with van der Waals surface area (Å²) in [7, 11) is 1.76. The van der Waals surface area contributed by atoms with Crippen LogP contribution in [-0.2, 0) is 4.79 Å². The molecule has 4 heteroatoms. The van der Waals surface area contributed by atoms with E-state index in [1.807, 2.05) is 0 Å². The molecule has 0 spiro atoms. The van der Waals surface area contributed by atoms with Crippen LogP contribution in [-0.4, -0.2) is 17.9 Å². The summed E-state index contributed by atoms with van der Waals surface area (Å²) in [4.78, 5) is 17.4. The molecule has 0 fully saturated rings. The Morgan fingerprint density at radius 1 is 1.50 bits per heavy atom. The number of nitrogens with two attached hydrogens (primary N) is 1. The molecule has 88 valence electrons. The van der Waals surface area contributed by atoms with E-state index in [4.69, 9.17) is 5.73 Å². The van der Waals surface area contributed by atoms with Crippen molar-refractivity contribution in [3.05, 3.63) is 18.3 Å². The topological polar surface area (TPSA) is 59.2 Å². The van der Waals surface area contributed by atoms with Gasteiger partial charge in [0.25, 0.3) is 0 Å². The highest BCUT2D eigenvalue weighted by molar-refractivity contribution is 5.92. The van der Waals surface area contributed by atoms with Gasteiger partial charge in [-0.05, 0) is 24.5 Å². The lowest BCUT2D eigenvalue weighted by molar-refractivity contribution is -0.118. The Balaban J connectivity index is 2.59. The zero-order valence-electron chi connectivity index (χ0n) is 10.1. The van der Waals surface area contributed by atoms with E-state index in [9.17, 15) is 4.79 Å². The second-order valence-corrected chi connectivity index (χ2v) is 4.33. The number of rotatable bonds is 4. The van der Waals surface area contributed by atoms with Crippen LogP contribution in [0.2, 0.25) is 0 Å². The molecule has 16 heavy (non-hydrogen) atoms. The van der Waals surface area contributed by atoms with Gasteiger partial charge >= 0.3 is 0 Å². The molecule has 1 amide bonds. The van der Waals surface area contributed by atoms with Crippen molar-refractivity contribution >= 4 is 17.4 Å². The third kappa shape index (κ3) is 3.53. The molecule has 0 saturated carbocycles. The molecule has 0 radical (unpaired) electrons. The van der Waals surface area contributed by atoms with Crippen molar-refractivity contribution in [1.82, 2.24) is 4.98 Å². The maximum absolute atomic E-state index is 11.8. The van der Waals surface area contributed by atoms with Crippen molar-refractivity contribution in [2.75, 3.05) is 17.7 Å². The SMILES string of the molecule is CC(C)CCC(=O)N(C)c1ccc(N)nc1. The van der Waals surface area contributed by atoms with Crippen LogP contribution in [0.25, 0.3) is 0 Å². The molecular formula is C12H19N3O. The van der Waals surface area contributed by atoms with Crippen molar-refractivity contribution < 1.29 is 4.79 Å². The van der Waals surface area contributed by atoms with Crippen molar-refractivity contribution in [3.8, 4) is 0 Å². The van der Waals surface area contributed by atoms with E-state index < -0.39 is 0 Å². The van der Waals surface area contributed by atoms with Crippen LogP contribution in [0.3, 0.4) is 0 Å². The first-order chi connectivity index (χ1) is 7.50. The van der Waals surface area contributed by atoms with Gasteiger partial charge in [0.15, 0.2) is 0 Å². The summed E-state index contributed by atoms with van der Waals surface area (Å²) in [5.41, 5.74) is 6.27. The minimum Gasteiger partial charge on any atom is -0.384 e. The number of nitrogens with zero attached hydrogens (tertiary/aromatic N) is 2. The standard InChI is InChI=1S/C12H19N3O/c1-9(2)4-7-12(16)15(3)10-5-6-11(13)14-8-10/h5-6,8-9H,4,7H2,1-3H3,(H2,13,14). The van der Waals surface area contributed by atoms with Crippen LogP contribution in [0.1, 0.15) is 26.7 Å². The number of anilines is 2. The minimum atomic E-state index is 0.111. The molecule has 1 heterocycles. The maximum Gasteiger partial charge on any atom is 0.226 e. The molecule has 0 bridgehead atoms. The van der Waals surface area contributed by atoms with Crippen LogP contribution in [0.15, 0.2) is 18.3 Å². The quantitative estimate of drug-likeness (QED) is 0.846. The number of carbonyl (C=O) groups excluding carboxylic acids is 1. The molecule has 4 nitrogen and oxygen atoms in total. The zero-order valence-corrected chi connectivity index (χ0v) is 10.1. The van der Waals surface area contributed by atoms with Gasteiger partial charge in [-0.3, -0.25) is 4.79 Å². The predicted octanol–water partition coefficient (Wildman–Crippen LogP) is 2.06. The van der Waals surface area contributed by atoms with E-state index in [1.54, 1.807) is 30.3 Å². The first-order valence-corrected chi connectivity index (χ1v) is 5.48. The smallest absolute Gasteiger partial charge is 0.226 e. The summed E-state index contributed by atoms with van der Waals surface area (Å²) in [5, 5.41) is 0. The highest BCUT2D eigenvalue weighted by atomic mass is 16.2. The van der Waals surface area contributed by atoms with Crippen LogP contribution in [0, 0.1) is 5.92 Å². The Bertz CT molecular complexity index is 346. The molecule has 1 aromatic rings. The lowest BCUT2D eigenvalue weighted by Crippen LogP contribution is -2.26. The van der Waals surface area contributed by atoms with E-state index in [1.165, 1.54) is 0 Å². The number of nitrogen functional groups attached to an aromatic ring is 1. The van der Waals surface area contributed by atoms with Crippen molar-refractivity contribution in [1.29, 1.82) is 0 Å². The highest BCUT2D eigenvalue weighted by Gasteiger charge is 2.11. The summed E-state index contributed by atoms with van der Waals surface area (Å²) in [6.07, 6.45) is 3.09. The first kappa shape index (κ1) is 12.5. The Hall–Kier alpha value is -1.58. The van der Waals surface area contributed by atoms with E-state index in [-0.39, 0.29) is 5.91 Å². The van der Waals surface area contributed by atoms with Gasteiger partial charge in [-0.1, -0.05) is 13.8 Å². The minimum absolute atomic E-state index is 0.111. The largest absolute Gasteiger partial charge is 0.384 e. The van der Waals surface area contributed by atoms with Crippen LogP contribution in [0.5, 0.6) is 0 Å². The Kier molecular flexibility index (Phi) is 4.28. The highest BCUT2D eigenvalue weighted by Crippen LogP contribution is 2.14. The summed E-state index contributed by atoms with van der Waals surface area (Å²) >= 11 is 0. The summed E-state index contributed by atoms with van der Waals surface area (Å²) in [5.74, 6) is 1.12. The summed E-state index contributed by atoms with van der Waals surface area (Å²) in [6.45, 7) is 4.22. The third-order valence-corrected chi connectivity index (χ3v) is 2.47. The summed E-state index contributed by atoms with van der Waals surface area (Å²) in [6, 6.07) is 3.50. The van der Waals surface area contributed by atoms with E-state index in [2.05, 4.69) is 18.8 Å². The molecule has 0 aliphatic heterocycles. The predicted molar refractivity (Wildman–Crippen MR) is 66.1 cm³/mol. The molecule has 1 aromatic heterocycles. The van der Waals surface area contributed by atoms with Gasteiger partial charge in [-0.2, -0.15) is 0 Å². The number of carbonyl (C=O) groups is 1. The van der Waals surface area contributed by atoms with Crippen molar-refractivity contribution in [2.45, 2.75) is 26.7 Å². The number of pyridine rings is 1. The molecule has 0 unspecified atom stereocenters. The summed E-state index contributed by atoms with van der Waals surface area (Å²) < 4.78 is 0. The molecule has 2 N–H and O–H groups in total. The van der Waals surface area contributed by atoms with E-state index >= 15 is 0 Å². The average Bonchev–Trinajstić information content (AvgIpc) is 2.26. The fourth-order valence-corrected chi connectivity index (χ4v) is 1.32. The molecule has 0 aliphatic rings. The van der Waals surface area contributed by atoms with E-state index in [0.717, 1.165) is 12.1 Å². The van der Waals surface area contributed by atoms with Gasteiger partial charge in [0.1, 0.15) is 5.82 Å². The molecule has 0 aromatic carbocycles. The van der Waals surface area contributed by atoms with Crippen LogP contribution < -0.4 is 10.6 Å². The molecule has 0 aliphatic carbocycles. The molecule has 1 rings (SSSR count). The maximum atomic E-state index is 11.8. The fourth-order valence-electron chi connectivity index (χ4n) is 1.32. The Morgan fingerprint density at radius 3 is 2.69 bits per heavy atom. The van der Waals surface area contributed by atoms with Gasteiger partial charge < -0.3 is 10.6 Å². The normalized spacial score (nSPS) is 10.5. The number of aromatic nitrogens is 1. The van der Waals surface area contributed by atoms with Gasteiger partial charge in [0.2, 0.25) is 5.91 Å². The van der Waals surface area contributed by atoms with Crippen LogP contribution in [0.4, 0.5) is 11.5 Å². The van der Waals surface area contributed by atoms with Crippen molar-refractivity contribution in [3.63, 3.8) is 0 Å². The monoisotopic (exact) mass is 221 g/mol. The average molecular weight is 221 g/mol. The second-order valence-electron chi connectivity index (χ2n) is 4.33. The third-order valence-electron chi connectivity index (χ3n) is 2.47. The zero-order chi connectivity index (χ0) is 12.1. The van der Waals surface area contributed by atoms with Gasteiger partial charge in [-0.25, -0.2) is 4.98 Å². The Labute approximate surface area is 96.5 Å². The Morgan fingerprint density at radius 2 is 2.19 bits per heavy atom. The molecule has 0 saturated heterocycles. The lowest BCUT2D eigenvalue weighted by Gasteiger charge is -2.17. The number of hydrogen-bond donors (Lipinski definition) is 1. The second kappa shape index (κ2) is 5.49. The van der Waals surface area contributed by atoms with Gasteiger partial charge in [-0.15, -0.1) is 0 Å². The van der Waals surface area contributed by atoms with Gasteiger partial charge in [0, 0.05) is 13.5 Å². The van der Waals surface area contributed by atoms with Crippen LogP contribution >= 0.6 is 0 Å². The molecular weight excluding hydrogens is 202 g/mol. The lowest BCUT2D eigenvalue weighted by atomic mass is 10.1. The first-order valence-electron chi connectivity index (χ1n) is 5.48. The van der Waals surface area contributed by atoms with Crippen molar-refractivity contribution in [2.24, 2.45) is 5.92 Å². The molecule has 0 atom stereocenters. The van der Waals surface area contributed by atoms with Gasteiger partial charge in [0.05, 0.1) is 11.9 Å². The number of hydrogen-bond acceptors (Lipinski definition) is 3. The number of amides is 1.